The van der Waals surface area contributed by atoms with E-state index in [1.807, 2.05) is 0 Å². The number of rotatable bonds is 7. The first-order valence-electron chi connectivity index (χ1n) is 9.72. The monoisotopic (exact) mass is 557 g/mol. The van der Waals surface area contributed by atoms with Crippen LogP contribution in [0.25, 0.3) is 0 Å². The maximum Gasteiger partial charge on any atom is 0.416 e. The van der Waals surface area contributed by atoms with Crippen LogP contribution >= 0.6 is 15.9 Å². The summed E-state index contributed by atoms with van der Waals surface area (Å²) in [4.78, 5) is 12.3. The Labute approximate surface area is 202 Å². The first-order valence-corrected chi connectivity index (χ1v) is 12.0. The molecule has 0 atom stereocenters. The fourth-order valence-corrected chi connectivity index (χ4v) is 4.59. The number of nitrogens with zero attached hydrogens (tertiary/aromatic N) is 2. The molecule has 0 saturated carbocycles. The number of carbonyl (C=O) groups is 1. The van der Waals surface area contributed by atoms with Crippen molar-refractivity contribution in [2.45, 2.75) is 24.9 Å². The molecule has 1 amide bonds. The molecule has 1 N–H and O–H groups in total. The topological polar surface area (TPSA) is 92.0 Å². The number of nitrogens with one attached hydrogen (secondary N) is 1. The van der Waals surface area contributed by atoms with Crippen molar-refractivity contribution in [2.75, 3.05) is 10.8 Å². The fourth-order valence-electron chi connectivity index (χ4n) is 2.87. The zero-order valence-electron chi connectivity index (χ0n) is 17.9. The number of hydrazone groups is 1. The molecule has 0 aliphatic carbocycles. The molecule has 0 unspecified atom stereocenters. The number of amides is 1. The molecular weight excluding hydrogens is 539 g/mol. The molecule has 2 aromatic carbocycles. The summed E-state index contributed by atoms with van der Waals surface area (Å²) in [6.45, 7) is 2.66. The summed E-state index contributed by atoms with van der Waals surface area (Å²) in [5.41, 5.74) is 1.58. The Morgan fingerprint density at radius 3 is 2.41 bits per heavy atom. The maximum atomic E-state index is 13.3. The second-order valence-corrected chi connectivity index (χ2v) is 9.94. The Morgan fingerprint density at radius 2 is 1.82 bits per heavy atom. The van der Waals surface area contributed by atoms with Gasteiger partial charge in [0, 0.05) is 6.07 Å². The number of anilines is 1. The minimum absolute atomic E-state index is 0.178. The van der Waals surface area contributed by atoms with E-state index in [9.17, 15) is 26.4 Å². The smallest absolute Gasteiger partial charge is 0.416 e. The van der Waals surface area contributed by atoms with Crippen molar-refractivity contribution in [1.82, 2.24) is 5.43 Å². The van der Waals surface area contributed by atoms with Gasteiger partial charge in [-0.05, 0) is 60.1 Å². The number of sulfonamides is 1. The summed E-state index contributed by atoms with van der Waals surface area (Å²) in [6, 6.07) is 11.1. The van der Waals surface area contributed by atoms with E-state index in [0.29, 0.717) is 26.4 Å². The molecule has 0 spiro atoms. The highest BCUT2D eigenvalue weighted by Crippen LogP contribution is 2.33. The number of carbonyl (C=O) groups excluding carboxylic acids is 1. The largest absolute Gasteiger partial charge is 0.459 e. The third-order valence-corrected chi connectivity index (χ3v) is 7.19. The number of hydrogen-bond acceptors (Lipinski definition) is 5. The average molecular weight is 558 g/mol. The van der Waals surface area contributed by atoms with Crippen LogP contribution in [0.3, 0.4) is 0 Å². The molecule has 1 aromatic heterocycles. The SMILES string of the molecule is Cc1ccc(S(=O)(=O)N(CC(=O)N/N=C\c2cc(Br)c(C)o2)c2cccc(C(F)(F)F)c2)cc1. The molecule has 34 heavy (non-hydrogen) atoms. The van der Waals surface area contributed by atoms with Gasteiger partial charge in [0.15, 0.2) is 0 Å². The van der Waals surface area contributed by atoms with Gasteiger partial charge in [-0.1, -0.05) is 23.8 Å². The van der Waals surface area contributed by atoms with E-state index in [1.54, 1.807) is 32.0 Å². The molecule has 12 heteroatoms. The molecule has 0 aliphatic heterocycles. The number of alkyl halides is 3. The van der Waals surface area contributed by atoms with E-state index in [2.05, 4.69) is 26.5 Å². The van der Waals surface area contributed by atoms with Crippen LogP contribution in [0, 0.1) is 13.8 Å². The van der Waals surface area contributed by atoms with Crippen LogP contribution in [-0.2, 0) is 21.0 Å². The van der Waals surface area contributed by atoms with Crippen molar-refractivity contribution in [3.05, 3.63) is 81.7 Å². The highest BCUT2D eigenvalue weighted by molar-refractivity contribution is 9.10. The highest BCUT2D eigenvalue weighted by Gasteiger charge is 2.33. The van der Waals surface area contributed by atoms with E-state index in [0.717, 1.165) is 17.7 Å². The van der Waals surface area contributed by atoms with Gasteiger partial charge in [0.25, 0.3) is 15.9 Å². The fraction of sp³-hybridized carbons (Fsp3) is 0.182. The molecule has 7 nitrogen and oxygen atoms in total. The quantitative estimate of drug-likeness (QED) is 0.326. The van der Waals surface area contributed by atoms with E-state index in [1.165, 1.54) is 24.4 Å². The summed E-state index contributed by atoms with van der Waals surface area (Å²) < 4.78 is 72.9. The van der Waals surface area contributed by atoms with Crippen LogP contribution in [0.1, 0.15) is 22.6 Å². The van der Waals surface area contributed by atoms with Crippen molar-refractivity contribution in [1.29, 1.82) is 0 Å². The van der Waals surface area contributed by atoms with E-state index >= 15 is 0 Å². The summed E-state index contributed by atoms with van der Waals surface area (Å²) in [5, 5.41) is 3.73. The number of furan rings is 1. The number of benzene rings is 2. The lowest BCUT2D eigenvalue weighted by molar-refractivity contribution is -0.137. The molecule has 3 aromatic rings. The summed E-state index contributed by atoms with van der Waals surface area (Å²) in [5.74, 6) is 0.0473. The van der Waals surface area contributed by atoms with Crippen molar-refractivity contribution in [2.24, 2.45) is 5.10 Å². The van der Waals surface area contributed by atoms with Gasteiger partial charge in [-0.3, -0.25) is 9.10 Å². The van der Waals surface area contributed by atoms with Gasteiger partial charge in [0.1, 0.15) is 18.1 Å². The Bertz CT molecular complexity index is 1300. The first-order chi connectivity index (χ1) is 15.9. The Kier molecular flexibility index (Phi) is 7.51. The average Bonchev–Trinajstić information content (AvgIpc) is 3.08. The Morgan fingerprint density at radius 1 is 1.15 bits per heavy atom. The van der Waals surface area contributed by atoms with Crippen LogP contribution in [0.4, 0.5) is 18.9 Å². The molecular formula is C22H19BrF3N3O4S. The van der Waals surface area contributed by atoms with Gasteiger partial charge in [0.05, 0.1) is 26.8 Å². The van der Waals surface area contributed by atoms with Gasteiger partial charge in [0.2, 0.25) is 0 Å². The Hall–Kier alpha value is -3.12. The van der Waals surface area contributed by atoms with E-state index in [-0.39, 0.29) is 10.6 Å². The van der Waals surface area contributed by atoms with Crippen molar-refractivity contribution in [3.8, 4) is 0 Å². The summed E-state index contributed by atoms with van der Waals surface area (Å²) >= 11 is 3.27. The van der Waals surface area contributed by atoms with Gasteiger partial charge >= 0.3 is 6.18 Å². The second-order valence-electron chi connectivity index (χ2n) is 7.22. The summed E-state index contributed by atoms with van der Waals surface area (Å²) in [6.07, 6.45) is -3.49. The lowest BCUT2D eigenvalue weighted by atomic mass is 10.2. The van der Waals surface area contributed by atoms with Gasteiger partial charge in [-0.25, -0.2) is 13.8 Å². The molecule has 0 fully saturated rings. The van der Waals surface area contributed by atoms with Gasteiger partial charge in [-0.2, -0.15) is 18.3 Å². The number of aryl methyl sites for hydroxylation is 2. The molecule has 0 bridgehead atoms. The second kappa shape index (κ2) is 10.0. The predicted molar refractivity (Wildman–Crippen MR) is 124 cm³/mol. The summed E-state index contributed by atoms with van der Waals surface area (Å²) in [7, 11) is -4.38. The van der Waals surface area contributed by atoms with Crippen LogP contribution in [0.5, 0.6) is 0 Å². The molecule has 0 aliphatic rings. The van der Waals surface area contributed by atoms with Gasteiger partial charge in [-0.15, -0.1) is 0 Å². The Balaban J connectivity index is 1.91. The highest BCUT2D eigenvalue weighted by atomic mass is 79.9. The first kappa shape index (κ1) is 25.5. The minimum atomic E-state index is -4.70. The molecule has 0 saturated heterocycles. The lowest BCUT2D eigenvalue weighted by Crippen LogP contribution is -2.39. The third-order valence-electron chi connectivity index (χ3n) is 4.61. The van der Waals surface area contributed by atoms with Crippen LogP contribution in [0.2, 0.25) is 0 Å². The standard InChI is InChI=1S/C22H19BrF3N3O4S/c1-14-6-8-19(9-7-14)34(31,32)29(17-5-3-4-16(10-17)22(24,25)26)13-21(30)28-27-12-18-11-20(23)15(2)33-18/h3-12H,13H2,1-2H3,(H,28,30)/b27-12-. The maximum absolute atomic E-state index is 13.3. The predicted octanol–water partition coefficient (Wildman–Crippen LogP) is 5.02. The van der Waals surface area contributed by atoms with Crippen molar-refractivity contribution in [3.63, 3.8) is 0 Å². The zero-order valence-corrected chi connectivity index (χ0v) is 20.3. The van der Waals surface area contributed by atoms with Gasteiger partial charge < -0.3 is 4.42 Å². The van der Waals surface area contributed by atoms with E-state index in [4.69, 9.17) is 4.42 Å². The van der Waals surface area contributed by atoms with Crippen LogP contribution in [0.15, 0.2) is 73.5 Å². The zero-order chi connectivity index (χ0) is 25.1. The van der Waals surface area contributed by atoms with Crippen LogP contribution in [-0.4, -0.2) is 27.1 Å². The molecule has 1 heterocycles. The molecule has 180 valence electrons. The number of hydrogen-bond donors (Lipinski definition) is 1. The minimum Gasteiger partial charge on any atom is -0.459 e. The van der Waals surface area contributed by atoms with Crippen molar-refractivity contribution >= 4 is 43.8 Å². The molecule has 3 rings (SSSR count). The third kappa shape index (κ3) is 6.06. The normalized spacial score (nSPS) is 12.2. The number of halogens is 4. The molecule has 0 radical (unpaired) electrons. The lowest BCUT2D eigenvalue weighted by Gasteiger charge is -2.24. The van der Waals surface area contributed by atoms with Crippen LogP contribution < -0.4 is 9.73 Å². The van der Waals surface area contributed by atoms with Crippen molar-refractivity contribution < 1.29 is 30.8 Å². The van der Waals surface area contributed by atoms with E-state index < -0.39 is 34.2 Å².